The molecule has 0 aromatic heterocycles. The summed E-state index contributed by atoms with van der Waals surface area (Å²) in [4.78, 5) is 0. The Kier molecular flexibility index (Phi) is 8.08. The Balaban J connectivity index is 3.89. The molecule has 0 atom stereocenters. The second-order valence-electron chi connectivity index (χ2n) is 3.05. The van der Waals surface area contributed by atoms with Crippen molar-refractivity contribution in [2.75, 3.05) is 19.8 Å². The number of ether oxygens (including phenoxy) is 3. The zero-order valence-corrected chi connectivity index (χ0v) is 9.38. The Morgan fingerprint density at radius 2 is 1.07 bits per heavy atom. The van der Waals surface area contributed by atoms with E-state index in [2.05, 4.69) is 0 Å². The molecule has 0 saturated heterocycles. The molecule has 14 heavy (non-hydrogen) atoms. The topological polar surface area (TPSA) is 47.6 Å². The van der Waals surface area contributed by atoms with E-state index in [1.165, 1.54) is 0 Å². The number of rotatable bonds is 9. The molecule has 0 aromatic rings. The molecule has 0 bridgehead atoms. The van der Waals surface area contributed by atoms with Crippen molar-refractivity contribution in [3.05, 3.63) is 0 Å². The Morgan fingerprint density at radius 3 is 1.29 bits per heavy atom. The molecule has 0 aliphatic carbocycles. The van der Waals surface area contributed by atoms with E-state index in [1.807, 2.05) is 20.8 Å². The normalized spacial score (nSPS) is 12.0. The third kappa shape index (κ3) is 6.32. The average Bonchev–Trinajstić information content (AvgIpc) is 2.21. The highest BCUT2D eigenvalue weighted by Gasteiger charge is 2.32. The van der Waals surface area contributed by atoms with Crippen LogP contribution in [0.3, 0.4) is 0 Å². The van der Waals surface area contributed by atoms with Crippen molar-refractivity contribution in [2.45, 2.75) is 46.2 Å². The van der Waals surface area contributed by atoms with Gasteiger partial charge in [-0.15, -0.1) is 5.11 Å². The molecule has 0 rings (SSSR count). The molecule has 0 amide bonds. The minimum absolute atomic E-state index is 0.358. The first-order chi connectivity index (χ1) is 6.68. The van der Waals surface area contributed by atoms with Crippen molar-refractivity contribution in [3.8, 4) is 0 Å². The van der Waals surface area contributed by atoms with Crippen LogP contribution in [0.2, 0.25) is 0 Å². The van der Waals surface area contributed by atoms with Gasteiger partial charge in [0.15, 0.2) is 0 Å². The van der Waals surface area contributed by atoms with Crippen LogP contribution in [0.4, 0.5) is 0 Å². The van der Waals surface area contributed by atoms with Crippen LogP contribution < -0.4 is 0 Å². The average molecular weight is 205 g/mol. The van der Waals surface area contributed by atoms with E-state index in [4.69, 9.17) is 14.2 Å². The molecular formula is C10H21O4. The van der Waals surface area contributed by atoms with Crippen LogP contribution in [0.25, 0.3) is 0 Å². The molecule has 0 aromatic carbocycles. The maximum Gasteiger partial charge on any atom is 0.439 e. The summed E-state index contributed by atoms with van der Waals surface area (Å²) in [5, 5.41) is 11.7. The number of hydrogen-bond acceptors (Lipinski definition) is 3. The van der Waals surface area contributed by atoms with Crippen LogP contribution in [0.1, 0.15) is 40.0 Å². The zero-order chi connectivity index (χ0) is 10.9. The SMILES string of the molecule is CCCOC([O])(OCCC)OCCC. The van der Waals surface area contributed by atoms with E-state index in [-0.39, 0.29) is 0 Å². The molecule has 4 nitrogen and oxygen atoms in total. The predicted octanol–water partition coefficient (Wildman–Crippen LogP) is 2.31. The van der Waals surface area contributed by atoms with E-state index in [0.29, 0.717) is 19.8 Å². The van der Waals surface area contributed by atoms with Gasteiger partial charge in [-0.2, -0.15) is 0 Å². The third-order valence-electron chi connectivity index (χ3n) is 1.45. The maximum absolute atomic E-state index is 11.7. The Hall–Kier alpha value is -0.160. The molecule has 0 N–H and O–H groups in total. The molecule has 0 aliphatic rings. The van der Waals surface area contributed by atoms with E-state index in [9.17, 15) is 5.11 Å². The van der Waals surface area contributed by atoms with Crippen molar-refractivity contribution < 1.29 is 19.3 Å². The van der Waals surface area contributed by atoms with Gasteiger partial charge in [0.05, 0.1) is 19.8 Å². The van der Waals surface area contributed by atoms with E-state index in [1.54, 1.807) is 0 Å². The third-order valence-corrected chi connectivity index (χ3v) is 1.45. The van der Waals surface area contributed by atoms with Crippen molar-refractivity contribution in [1.29, 1.82) is 0 Å². The van der Waals surface area contributed by atoms with E-state index in [0.717, 1.165) is 19.3 Å². The summed E-state index contributed by atoms with van der Waals surface area (Å²) < 4.78 is 14.9. The lowest BCUT2D eigenvalue weighted by Gasteiger charge is -2.24. The molecule has 0 unspecified atom stereocenters. The van der Waals surface area contributed by atoms with Crippen LogP contribution in [-0.2, 0) is 19.3 Å². The highest BCUT2D eigenvalue weighted by Crippen LogP contribution is 2.13. The van der Waals surface area contributed by atoms with Gasteiger partial charge in [-0.05, 0) is 19.3 Å². The zero-order valence-electron chi connectivity index (χ0n) is 9.38. The van der Waals surface area contributed by atoms with E-state index < -0.39 is 6.16 Å². The summed E-state index contributed by atoms with van der Waals surface area (Å²) in [5.41, 5.74) is 0. The molecule has 0 heterocycles. The Labute approximate surface area is 86.2 Å². The van der Waals surface area contributed by atoms with Gasteiger partial charge in [-0.25, -0.2) is 0 Å². The summed E-state index contributed by atoms with van der Waals surface area (Å²) >= 11 is 0. The van der Waals surface area contributed by atoms with E-state index >= 15 is 0 Å². The fourth-order valence-corrected chi connectivity index (χ4v) is 0.806. The fourth-order valence-electron chi connectivity index (χ4n) is 0.806. The molecule has 0 spiro atoms. The van der Waals surface area contributed by atoms with Crippen molar-refractivity contribution in [2.24, 2.45) is 0 Å². The minimum atomic E-state index is -2.10. The smallest absolute Gasteiger partial charge is 0.301 e. The van der Waals surface area contributed by atoms with Gasteiger partial charge in [0.25, 0.3) is 0 Å². The van der Waals surface area contributed by atoms with Crippen LogP contribution in [0.15, 0.2) is 0 Å². The standard InChI is InChI=1S/C10H21O4/c1-4-7-12-10(11,13-8-5-2)14-9-6-3/h4-9H2,1-3H3. The Bertz CT molecular complexity index is 106. The molecule has 0 fully saturated rings. The van der Waals surface area contributed by atoms with Crippen molar-refractivity contribution in [3.63, 3.8) is 0 Å². The van der Waals surface area contributed by atoms with Gasteiger partial charge in [0.1, 0.15) is 0 Å². The van der Waals surface area contributed by atoms with Gasteiger partial charge in [0, 0.05) is 0 Å². The molecule has 4 heteroatoms. The van der Waals surface area contributed by atoms with Gasteiger partial charge >= 0.3 is 6.16 Å². The quantitative estimate of drug-likeness (QED) is 0.543. The summed E-state index contributed by atoms with van der Waals surface area (Å²) in [6.45, 7) is 6.87. The molecule has 85 valence electrons. The fraction of sp³-hybridized carbons (Fsp3) is 1.00. The first-order valence-corrected chi connectivity index (χ1v) is 5.30. The molecule has 1 radical (unpaired) electrons. The highest BCUT2D eigenvalue weighted by atomic mass is 17.0. The molecular weight excluding hydrogens is 184 g/mol. The van der Waals surface area contributed by atoms with Gasteiger partial charge < -0.3 is 14.2 Å². The Morgan fingerprint density at radius 1 is 0.786 bits per heavy atom. The predicted molar refractivity (Wildman–Crippen MR) is 52.1 cm³/mol. The maximum atomic E-state index is 11.7. The van der Waals surface area contributed by atoms with Crippen LogP contribution in [-0.4, -0.2) is 26.0 Å². The second-order valence-corrected chi connectivity index (χ2v) is 3.05. The summed E-state index contributed by atoms with van der Waals surface area (Å²) in [6, 6.07) is 0. The lowest BCUT2D eigenvalue weighted by molar-refractivity contribution is -0.507. The lowest BCUT2D eigenvalue weighted by atomic mass is 10.5. The second kappa shape index (κ2) is 8.17. The molecule has 0 saturated carbocycles. The van der Waals surface area contributed by atoms with Gasteiger partial charge in [0.2, 0.25) is 0 Å². The van der Waals surface area contributed by atoms with Crippen molar-refractivity contribution in [1.82, 2.24) is 0 Å². The van der Waals surface area contributed by atoms with Crippen LogP contribution >= 0.6 is 0 Å². The van der Waals surface area contributed by atoms with Gasteiger partial charge in [-0.1, -0.05) is 20.8 Å². The largest absolute Gasteiger partial charge is 0.439 e. The van der Waals surface area contributed by atoms with Crippen LogP contribution in [0, 0.1) is 0 Å². The van der Waals surface area contributed by atoms with Crippen LogP contribution in [0.5, 0.6) is 0 Å². The minimum Gasteiger partial charge on any atom is -0.301 e. The lowest BCUT2D eigenvalue weighted by Crippen LogP contribution is -2.38. The first-order valence-electron chi connectivity index (χ1n) is 5.30. The summed E-state index contributed by atoms with van der Waals surface area (Å²) in [5.74, 6) is 0. The van der Waals surface area contributed by atoms with Crippen molar-refractivity contribution >= 4 is 0 Å². The monoisotopic (exact) mass is 205 g/mol. The first kappa shape index (κ1) is 13.8. The highest BCUT2D eigenvalue weighted by molar-refractivity contribution is 4.39. The number of hydrogen-bond donors (Lipinski definition) is 0. The molecule has 0 aliphatic heterocycles. The summed E-state index contributed by atoms with van der Waals surface area (Å²) in [7, 11) is 0. The van der Waals surface area contributed by atoms with Gasteiger partial charge in [-0.3, -0.25) is 0 Å². The summed E-state index contributed by atoms with van der Waals surface area (Å²) in [6.07, 6.45) is 0.223.